The van der Waals surface area contributed by atoms with Crippen LogP contribution in [0.3, 0.4) is 0 Å². The third-order valence-electron chi connectivity index (χ3n) is 5.01. The monoisotopic (exact) mass is 316 g/mol. The molecule has 1 atom stereocenters. The van der Waals surface area contributed by atoms with Gasteiger partial charge in [-0.15, -0.1) is 0 Å². The topological polar surface area (TPSA) is 58.1 Å². The third-order valence-corrected chi connectivity index (χ3v) is 5.01. The Balaban J connectivity index is 1.65. The zero-order valence-electron chi connectivity index (χ0n) is 14.1. The van der Waals surface area contributed by atoms with E-state index in [2.05, 4.69) is 27.1 Å². The first-order valence-corrected chi connectivity index (χ1v) is 9.11. The van der Waals surface area contributed by atoms with Crippen LogP contribution in [-0.4, -0.2) is 35.0 Å². The highest BCUT2D eigenvalue weighted by Crippen LogP contribution is 2.20. The summed E-state index contributed by atoms with van der Waals surface area (Å²) in [5.41, 5.74) is 0.498. The summed E-state index contributed by atoms with van der Waals surface area (Å²) < 4.78 is 0. The second-order valence-electron chi connectivity index (χ2n) is 7.10. The molecule has 126 valence electrons. The number of carbonyl (C=O) groups is 1. The molecule has 1 amide bonds. The van der Waals surface area contributed by atoms with E-state index in [4.69, 9.17) is 0 Å². The maximum atomic E-state index is 12.5. The van der Waals surface area contributed by atoms with Gasteiger partial charge >= 0.3 is 0 Å². The maximum absolute atomic E-state index is 12.5. The molecule has 5 nitrogen and oxygen atoms in total. The van der Waals surface area contributed by atoms with Crippen LogP contribution < -0.4 is 10.2 Å². The van der Waals surface area contributed by atoms with Crippen molar-refractivity contribution in [2.45, 2.75) is 64.3 Å². The summed E-state index contributed by atoms with van der Waals surface area (Å²) in [5.74, 6) is 1.31. The van der Waals surface area contributed by atoms with Gasteiger partial charge in [0.25, 0.3) is 5.91 Å². The molecule has 5 heteroatoms. The number of hydrogen-bond donors (Lipinski definition) is 1. The normalized spacial score (nSPS) is 23.3. The Kier molecular flexibility index (Phi) is 5.47. The predicted molar refractivity (Wildman–Crippen MR) is 91.6 cm³/mol. The molecule has 0 aromatic carbocycles. The molecule has 23 heavy (non-hydrogen) atoms. The summed E-state index contributed by atoms with van der Waals surface area (Å²) in [6.07, 6.45) is 11.3. The lowest BCUT2D eigenvalue weighted by molar-refractivity contribution is 0.0928. The fourth-order valence-corrected chi connectivity index (χ4v) is 3.68. The fourth-order valence-electron chi connectivity index (χ4n) is 3.68. The molecule has 1 saturated carbocycles. The van der Waals surface area contributed by atoms with Crippen LogP contribution in [0.5, 0.6) is 0 Å². The van der Waals surface area contributed by atoms with E-state index >= 15 is 0 Å². The molecule has 1 aromatic heterocycles. The standard InChI is InChI=1S/C18H28N4O/c1-14-7-6-12-22(13-14)18-19-11-10-16(21-18)17(23)20-15-8-4-2-3-5-9-15/h10-11,14-15H,2-9,12-13H2,1H3,(H,20,23). The Labute approximate surface area is 138 Å². The summed E-state index contributed by atoms with van der Waals surface area (Å²) in [6.45, 7) is 4.22. The minimum absolute atomic E-state index is 0.0504. The van der Waals surface area contributed by atoms with Gasteiger partial charge < -0.3 is 10.2 Å². The number of hydrogen-bond acceptors (Lipinski definition) is 4. The minimum atomic E-state index is -0.0504. The van der Waals surface area contributed by atoms with Gasteiger partial charge in [0.2, 0.25) is 5.95 Å². The molecule has 1 aliphatic carbocycles. The largest absolute Gasteiger partial charge is 0.348 e. The average Bonchev–Trinajstić information content (AvgIpc) is 2.84. The molecule has 1 aliphatic heterocycles. The lowest BCUT2D eigenvalue weighted by Gasteiger charge is -2.30. The first-order valence-electron chi connectivity index (χ1n) is 9.11. The quantitative estimate of drug-likeness (QED) is 0.870. The Morgan fingerprint density at radius 2 is 1.96 bits per heavy atom. The molecule has 2 heterocycles. The van der Waals surface area contributed by atoms with Crippen molar-refractivity contribution in [3.63, 3.8) is 0 Å². The molecule has 0 bridgehead atoms. The van der Waals surface area contributed by atoms with Crippen LogP contribution >= 0.6 is 0 Å². The lowest BCUT2D eigenvalue weighted by Crippen LogP contribution is -2.37. The molecule has 0 spiro atoms. The second kappa shape index (κ2) is 7.75. The number of anilines is 1. The molecule has 2 aliphatic rings. The van der Waals surface area contributed by atoms with E-state index in [0.717, 1.165) is 25.9 Å². The zero-order chi connectivity index (χ0) is 16.1. The number of aromatic nitrogens is 2. The number of piperidine rings is 1. The smallest absolute Gasteiger partial charge is 0.270 e. The van der Waals surface area contributed by atoms with Crippen molar-refractivity contribution in [3.8, 4) is 0 Å². The van der Waals surface area contributed by atoms with Gasteiger partial charge in [0.05, 0.1) is 0 Å². The van der Waals surface area contributed by atoms with Crippen molar-refractivity contribution in [2.75, 3.05) is 18.0 Å². The molecule has 2 fully saturated rings. The minimum Gasteiger partial charge on any atom is -0.348 e. The van der Waals surface area contributed by atoms with E-state index in [-0.39, 0.29) is 5.91 Å². The maximum Gasteiger partial charge on any atom is 0.270 e. The van der Waals surface area contributed by atoms with Gasteiger partial charge in [-0.3, -0.25) is 4.79 Å². The van der Waals surface area contributed by atoms with Crippen LogP contribution in [0.2, 0.25) is 0 Å². The van der Waals surface area contributed by atoms with Gasteiger partial charge in [0.15, 0.2) is 0 Å². The second-order valence-corrected chi connectivity index (χ2v) is 7.10. The molecule has 1 saturated heterocycles. The van der Waals surface area contributed by atoms with E-state index in [1.165, 1.54) is 38.5 Å². The van der Waals surface area contributed by atoms with E-state index in [9.17, 15) is 4.79 Å². The van der Waals surface area contributed by atoms with Gasteiger partial charge in [0, 0.05) is 25.3 Å². The van der Waals surface area contributed by atoms with Gasteiger partial charge in [-0.25, -0.2) is 9.97 Å². The van der Waals surface area contributed by atoms with Gasteiger partial charge in [-0.2, -0.15) is 0 Å². The number of nitrogens with one attached hydrogen (secondary N) is 1. The van der Waals surface area contributed by atoms with E-state index < -0.39 is 0 Å². The van der Waals surface area contributed by atoms with Crippen molar-refractivity contribution in [3.05, 3.63) is 18.0 Å². The first-order chi connectivity index (χ1) is 11.2. The number of nitrogens with zero attached hydrogens (tertiary/aromatic N) is 3. The van der Waals surface area contributed by atoms with Gasteiger partial charge in [-0.1, -0.05) is 32.6 Å². The van der Waals surface area contributed by atoms with Gasteiger partial charge in [0.1, 0.15) is 5.69 Å². The number of amides is 1. The van der Waals surface area contributed by atoms with Crippen LogP contribution in [0.1, 0.15) is 68.8 Å². The molecule has 0 radical (unpaired) electrons. The molecule has 3 rings (SSSR count). The van der Waals surface area contributed by atoms with E-state index in [0.29, 0.717) is 23.6 Å². The van der Waals surface area contributed by atoms with Crippen molar-refractivity contribution in [1.82, 2.24) is 15.3 Å². The zero-order valence-corrected chi connectivity index (χ0v) is 14.1. The highest BCUT2D eigenvalue weighted by atomic mass is 16.1. The summed E-state index contributed by atoms with van der Waals surface area (Å²) >= 11 is 0. The Hall–Kier alpha value is -1.65. The SMILES string of the molecule is CC1CCCN(c2nccc(C(=O)NC3CCCCCC3)n2)C1. The summed E-state index contributed by atoms with van der Waals surface area (Å²) in [5, 5.41) is 3.17. The van der Waals surface area contributed by atoms with E-state index in [1.807, 2.05) is 0 Å². The Morgan fingerprint density at radius 1 is 1.17 bits per heavy atom. The third kappa shape index (κ3) is 4.43. The van der Waals surface area contributed by atoms with Gasteiger partial charge in [-0.05, 0) is 37.7 Å². The van der Waals surface area contributed by atoms with Crippen LogP contribution in [0.4, 0.5) is 5.95 Å². The average molecular weight is 316 g/mol. The Bertz CT molecular complexity index is 526. The van der Waals surface area contributed by atoms with Crippen LogP contribution in [-0.2, 0) is 0 Å². The van der Waals surface area contributed by atoms with Crippen molar-refractivity contribution in [1.29, 1.82) is 0 Å². The summed E-state index contributed by atoms with van der Waals surface area (Å²) in [6, 6.07) is 2.03. The van der Waals surface area contributed by atoms with Crippen LogP contribution in [0, 0.1) is 5.92 Å². The Morgan fingerprint density at radius 3 is 2.70 bits per heavy atom. The number of rotatable bonds is 3. The van der Waals surface area contributed by atoms with Crippen molar-refractivity contribution in [2.24, 2.45) is 5.92 Å². The molecule has 1 N–H and O–H groups in total. The van der Waals surface area contributed by atoms with Crippen molar-refractivity contribution >= 4 is 11.9 Å². The van der Waals surface area contributed by atoms with Crippen LogP contribution in [0.25, 0.3) is 0 Å². The number of carbonyl (C=O) groups excluding carboxylic acids is 1. The molecule has 1 aromatic rings. The molecular formula is C18H28N4O. The fraction of sp³-hybridized carbons (Fsp3) is 0.722. The molecule has 1 unspecified atom stereocenters. The molecular weight excluding hydrogens is 288 g/mol. The van der Waals surface area contributed by atoms with E-state index in [1.54, 1.807) is 12.3 Å². The van der Waals surface area contributed by atoms with Crippen molar-refractivity contribution < 1.29 is 4.79 Å². The first kappa shape index (κ1) is 16.2. The highest BCUT2D eigenvalue weighted by Gasteiger charge is 2.21. The predicted octanol–water partition coefficient (Wildman–Crippen LogP) is 3.17. The summed E-state index contributed by atoms with van der Waals surface area (Å²) in [7, 11) is 0. The summed E-state index contributed by atoms with van der Waals surface area (Å²) in [4.78, 5) is 23.6. The lowest BCUT2D eigenvalue weighted by atomic mass is 10.0. The highest BCUT2D eigenvalue weighted by molar-refractivity contribution is 5.92. The van der Waals surface area contributed by atoms with Crippen LogP contribution in [0.15, 0.2) is 12.3 Å².